The van der Waals surface area contributed by atoms with Gasteiger partial charge in [-0.1, -0.05) is 68.4 Å². The van der Waals surface area contributed by atoms with Gasteiger partial charge >= 0.3 is 0 Å². The van der Waals surface area contributed by atoms with E-state index in [-0.39, 0.29) is 11.8 Å². The summed E-state index contributed by atoms with van der Waals surface area (Å²) in [5.74, 6) is 1.05. The van der Waals surface area contributed by atoms with Crippen molar-refractivity contribution in [3.63, 3.8) is 0 Å². The lowest BCUT2D eigenvalue weighted by atomic mass is 10.0. The number of nitrogens with zero attached hydrogens (tertiary/aromatic N) is 2. The Hall–Kier alpha value is -3.34. The number of fused-ring (bicyclic) bond motifs is 1. The number of rotatable bonds is 5. The minimum absolute atomic E-state index is 0.0176. The minimum Gasteiger partial charge on any atom is -0.481 e. The summed E-state index contributed by atoms with van der Waals surface area (Å²) in [5, 5.41) is 2.02. The van der Waals surface area contributed by atoms with Gasteiger partial charge in [0.05, 0.1) is 0 Å². The molecule has 0 aromatic heterocycles. The molecule has 1 aliphatic rings. The van der Waals surface area contributed by atoms with Crippen LogP contribution in [0.25, 0.3) is 10.8 Å². The average molecular weight is 431 g/mol. The van der Waals surface area contributed by atoms with Crippen LogP contribution in [0.15, 0.2) is 66.7 Å². The maximum Gasteiger partial charge on any atom is 0.263 e. The molecule has 1 atom stereocenters. The second-order valence-corrected chi connectivity index (χ2v) is 8.60. The van der Waals surface area contributed by atoms with Crippen LogP contribution in [-0.4, -0.2) is 53.9 Å². The number of ether oxygens (including phenoxy) is 1. The molecule has 5 nitrogen and oxygen atoms in total. The maximum absolute atomic E-state index is 13.2. The Labute approximate surface area is 189 Å². The van der Waals surface area contributed by atoms with Crippen LogP contribution in [0, 0.1) is 0 Å². The first-order valence-corrected chi connectivity index (χ1v) is 11.3. The van der Waals surface area contributed by atoms with Crippen molar-refractivity contribution in [3.05, 3.63) is 77.9 Å². The summed E-state index contributed by atoms with van der Waals surface area (Å²) in [6, 6.07) is 21.6. The van der Waals surface area contributed by atoms with Crippen molar-refractivity contribution in [1.29, 1.82) is 0 Å². The van der Waals surface area contributed by atoms with E-state index in [1.165, 1.54) is 0 Å². The molecule has 0 spiro atoms. The van der Waals surface area contributed by atoms with Crippen molar-refractivity contribution >= 4 is 22.6 Å². The van der Waals surface area contributed by atoms with E-state index in [0.29, 0.717) is 37.7 Å². The molecule has 32 heavy (non-hydrogen) atoms. The number of benzene rings is 3. The molecule has 1 aliphatic heterocycles. The first kappa shape index (κ1) is 21.9. The van der Waals surface area contributed by atoms with Crippen molar-refractivity contribution in [1.82, 2.24) is 9.80 Å². The van der Waals surface area contributed by atoms with Gasteiger partial charge in [0.1, 0.15) is 5.75 Å². The second kappa shape index (κ2) is 9.43. The summed E-state index contributed by atoms with van der Waals surface area (Å²) in [6.45, 7) is 8.07. The first-order chi connectivity index (χ1) is 15.5. The molecule has 0 bridgehead atoms. The van der Waals surface area contributed by atoms with E-state index in [4.69, 9.17) is 4.74 Å². The molecule has 3 aromatic rings. The highest BCUT2D eigenvalue weighted by atomic mass is 16.5. The van der Waals surface area contributed by atoms with Crippen molar-refractivity contribution in [2.24, 2.45) is 0 Å². The molecule has 0 aliphatic carbocycles. The normalized spacial score (nSPS) is 15.1. The fourth-order valence-electron chi connectivity index (χ4n) is 4.27. The molecule has 2 amide bonds. The first-order valence-electron chi connectivity index (χ1n) is 11.3. The van der Waals surface area contributed by atoms with Gasteiger partial charge in [0, 0.05) is 31.7 Å². The molecule has 3 aromatic carbocycles. The zero-order valence-electron chi connectivity index (χ0n) is 19.0. The molecule has 4 rings (SSSR count). The van der Waals surface area contributed by atoms with Gasteiger partial charge in [0.25, 0.3) is 11.8 Å². The Kier molecular flexibility index (Phi) is 6.45. The summed E-state index contributed by atoms with van der Waals surface area (Å²) in [5.41, 5.74) is 1.81. The summed E-state index contributed by atoms with van der Waals surface area (Å²) in [7, 11) is 0. The Balaban J connectivity index is 1.39. The number of carbonyl (C=O) groups is 2. The molecule has 5 heteroatoms. The molecule has 0 N–H and O–H groups in total. The third-order valence-electron chi connectivity index (χ3n) is 6.09. The Morgan fingerprint density at radius 2 is 1.41 bits per heavy atom. The highest BCUT2D eigenvalue weighted by Crippen LogP contribution is 2.27. The van der Waals surface area contributed by atoms with Gasteiger partial charge in [-0.2, -0.15) is 0 Å². The highest BCUT2D eigenvalue weighted by molar-refractivity contribution is 6.07. The van der Waals surface area contributed by atoms with E-state index in [0.717, 1.165) is 22.1 Å². The van der Waals surface area contributed by atoms with Crippen LogP contribution in [0.3, 0.4) is 0 Å². The SMILES string of the molecule is CC(Oc1ccccc1C(C)C)C(=O)N1CCN(C(=O)c2cccc3ccccc23)CC1. The van der Waals surface area contributed by atoms with E-state index in [1.807, 2.05) is 71.6 Å². The molecule has 1 fully saturated rings. The molecular weight excluding hydrogens is 400 g/mol. The van der Waals surface area contributed by atoms with Crippen LogP contribution in [0.5, 0.6) is 5.75 Å². The summed E-state index contributed by atoms with van der Waals surface area (Å²) < 4.78 is 6.04. The molecule has 0 radical (unpaired) electrons. The van der Waals surface area contributed by atoms with Crippen LogP contribution in [-0.2, 0) is 4.79 Å². The van der Waals surface area contributed by atoms with Crippen LogP contribution in [0.1, 0.15) is 42.6 Å². The van der Waals surface area contributed by atoms with Gasteiger partial charge in [-0.3, -0.25) is 9.59 Å². The Bertz CT molecular complexity index is 1110. The minimum atomic E-state index is -0.574. The predicted octanol–water partition coefficient (Wildman–Crippen LogP) is 4.72. The topological polar surface area (TPSA) is 49.9 Å². The standard InChI is InChI=1S/C27H30N2O3/c1-19(2)22-11-6-7-14-25(22)32-20(3)26(30)28-15-17-29(18-16-28)27(31)24-13-8-10-21-9-4-5-12-23(21)24/h4-14,19-20H,15-18H2,1-3H3. The zero-order chi connectivity index (χ0) is 22.7. The van der Waals surface area contributed by atoms with Gasteiger partial charge < -0.3 is 14.5 Å². The van der Waals surface area contributed by atoms with Crippen LogP contribution in [0.4, 0.5) is 0 Å². The maximum atomic E-state index is 13.2. The smallest absolute Gasteiger partial charge is 0.263 e. The van der Waals surface area contributed by atoms with E-state index in [1.54, 1.807) is 11.8 Å². The number of amides is 2. The van der Waals surface area contributed by atoms with Crippen molar-refractivity contribution in [3.8, 4) is 5.75 Å². The molecule has 1 saturated heterocycles. The third kappa shape index (κ3) is 4.47. The van der Waals surface area contributed by atoms with Gasteiger partial charge in [-0.15, -0.1) is 0 Å². The monoisotopic (exact) mass is 430 g/mol. The van der Waals surface area contributed by atoms with Crippen LogP contribution < -0.4 is 4.74 Å². The highest BCUT2D eigenvalue weighted by Gasteiger charge is 2.29. The number of para-hydroxylation sites is 1. The Morgan fingerprint density at radius 1 is 0.781 bits per heavy atom. The van der Waals surface area contributed by atoms with Crippen LogP contribution >= 0.6 is 0 Å². The number of carbonyl (C=O) groups excluding carboxylic acids is 2. The number of hydrogen-bond donors (Lipinski definition) is 0. The predicted molar refractivity (Wildman–Crippen MR) is 127 cm³/mol. The second-order valence-electron chi connectivity index (χ2n) is 8.60. The average Bonchev–Trinajstić information content (AvgIpc) is 2.83. The van der Waals surface area contributed by atoms with E-state index in [9.17, 15) is 9.59 Å². The lowest BCUT2D eigenvalue weighted by Crippen LogP contribution is -2.53. The summed E-state index contributed by atoms with van der Waals surface area (Å²) in [6.07, 6.45) is -0.574. The van der Waals surface area contributed by atoms with E-state index >= 15 is 0 Å². The molecule has 1 unspecified atom stereocenters. The van der Waals surface area contributed by atoms with Crippen molar-refractivity contribution in [2.45, 2.75) is 32.8 Å². The number of piperazine rings is 1. The van der Waals surface area contributed by atoms with Crippen molar-refractivity contribution in [2.75, 3.05) is 26.2 Å². The Morgan fingerprint density at radius 3 is 2.16 bits per heavy atom. The van der Waals surface area contributed by atoms with Crippen molar-refractivity contribution < 1.29 is 14.3 Å². The van der Waals surface area contributed by atoms with Gasteiger partial charge in [0.2, 0.25) is 0 Å². The van der Waals surface area contributed by atoms with Gasteiger partial charge in [-0.05, 0) is 41.3 Å². The van der Waals surface area contributed by atoms with Crippen LogP contribution in [0.2, 0.25) is 0 Å². The summed E-state index contributed by atoms with van der Waals surface area (Å²) >= 11 is 0. The van der Waals surface area contributed by atoms with E-state index in [2.05, 4.69) is 13.8 Å². The lowest BCUT2D eigenvalue weighted by Gasteiger charge is -2.36. The van der Waals surface area contributed by atoms with E-state index < -0.39 is 6.10 Å². The fourth-order valence-corrected chi connectivity index (χ4v) is 4.27. The summed E-state index contributed by atoms with van der Waals surface area (Å²) in [4.78, 5) is 29.8. The van der Waals surface area contributed by atoms with Gasteiger partial charge in [0.15, 0.2) is 6.10 Å². The molecule has 1 heterocycles. The fraction of sp³-hybridized carbons (Fsp3) is 0.333. The lowest BCUT2D eigenvalue weighted by molar-refractivity contribution is -0.139. The molecule has 0 saturated carbocycles. The quantitative estimate of drug-likeness (QED) is 0.589. The van der Waals surface area contributed by atoms with Gasteiger partial charge in [-0.25, -0.2) is 0 Å². The number of hydrogen-bond acceptors (Lipinski definition) is 3. The molecular formula is C27H30N2O3. The largest absolute Gasteiger partial charge is 0.481 e. The zero-order valence-corrected chi connectivity index (χ0v) is 19.0. The molecule has 166 valence electrons. The third-order valence-corrected chi connectivity index (χ3v) is 6.09.